The van der Waals surface area contributed by atoms with Crippen LogP contribution in [0.25, 0.3) is 0 Å². The van der Waals surface area contributed by atoms with Gasteiger partial charge in [0, 0.05) is 25.3 Å². The van der Waals surface area contributed by atoms with Crippen LogP contribution in [-0.2, 0) is 17.8 Å². The van der Waals surface area contributed by atoms with E-state index in [0.717, 1.165) is 29.9 Å². The summed E-state index contributed by atoms with van der Waals surface area (Å²) in [5.74, 6) is -0.242. The maximum Gasteiger partial charge on any atom is 0.231 e. The van der Waals surface area contributed by atoms with Crippen molar-refractivity contribution in [1.82, 2.24) is 5.32 Å². The number of hydrogen-bond donors (Lipinski definition) is 1. The summed E-state index contributed by atoms with van der Waals surface area (Å²) in [6.07, 6.45) is 0.286. The van der Waals surface area contributed by atoms with E-state index in [1.807, 2.05) is 29.2 Å². The molecule has 2 aromatic carbocycles. The number of nitrogens with zero attached hydrogens (tertiary/aromatic N) is 1. The lowest BCUT2D eigenvalue weighted by molar-refractivity contribution is -0.118. The smallest absolute Gasteiger partial charge is 0.231 e. The number of carbonyl (C=O) groups is 1. The summed E-state index contributed by atoms with van der Waals surface area (Å²) in [6, 6.07) is 14.0. The molecule has 0 spiro atoms. The van der Waals surface area contributed by atoms with Crippen LogP contribution in [0.5, 0.6) is 0 Å². The van der Waals surface area contributed by atoms with Gasteiger partial charge in [-0.15, -0.1) is 0 Å². The topological polar surface area (TPSA) is 32.3 Å². The van der Waals surface area contributed by atoms with Crippen LogP contribution in [-0.4, -0.2) is 19.0 Å². The van der Waals surface area contributed by atoms with Gasteiger partial charge in [0.05, 0.1) is 6.42 Å². The molecule has 0 radical (unpaired) electrons. The Labute approximate surface area is 123 Å². The largest absolute Gasteiger partial charge is 0.311 e. The molecule has 0 fully saturated rings. The lowest BCUT2D eigenvalue weighted by Gasteiger charge is -2.22. The van der Waals surface area contributed by atoms with Crippen molar-refractivity contribution in [3.8, 4) is 0 Å². The van der Waals surface area contributed by atoms with E-state index in [-0.39, 0.29) is 18.1 Å². The molecule has 1 heterocycles. The second kappa shape index (κ2) is 6.06. The number of benzene rings is 2. The standard InChI is InChI=1S/C17H17FN2O/c18-15-7-5-13(6-8-15)11-17(21)20-10-9-19-12-14-3-1-2-4-16(14)20/h1-8,19H,9-12H2. The van der Waals surface area contributed by atoms with Crippen LogP contribution in [0.1, 0.15) is 11.1 Å². The van der Waals surface area contributed by atoms with Crippen LogP contribution in [0, 0.1) is 5.82 Å². The third kappa shape index (κ3) is 3.11. The van der Waals surface area contributed by atoms with Gasteiger partial charge in [-0.2, -0.15) is 0 Å². The molecular formula is C17H17FN2O. The molecule has 21 heavy (non-hydrogen) atoms. The van der Waals surface area contributed by atoms with E-state index in [0.29, 0.717) is 6.54 Å². The van der Waals surface area contributed by atoms with E-state index in [9.17, 15) is 9.18 Å². The van der Waals surface area contributed by atoms with Crippen LogP contribution in [0.3, 0.4) is 0 Å². The Balaban J connectivity index is 1.82. The zero-order valence-electron chi connectivity index (χ0n) is 11.7. The summed E-state index contributed by atoms with van der Waals surface area (Å²) in [7, 11) is 0. The van der Waals surface area contributed by atoms with Crippen LogP contribution >= 0.6 is 0 Å². The number of para-hydroxylation sites is 1. The number of anilines is 1. The number of amides is 1. The molecule has 0 bridgehead atoms. The molecule has 0 aliphatic carbocycles. The van der Waals surface area contributed by atoms with Crippen molar-refractivity contribution in [2.24, 2.45) is 0 Å². The Morgan fingerprint density at radius 1 is 1.14 bits per heavy atom. The summed E-state index contributed by atoms with van der Waals surface area (Å²) in [5, 5.41) is 3.32. The van der Waals surface area contributed by atoms with Crippen molar-refractivity contribution in [2.45, 2.75) is 13.0 Å². The van der Waals surface area contributed by atoms with E-state index >= 15 is 0 Å². The first-order chi connectivity index (χ1) is 10.2. The normalized spacial score (nSPS) is 14.4. The molecule has 0 unspecified atom stereocenters. The van der Waals surface area contributed by atoms with E-state index in [1.165, 1.54) is 12.1 Å². The molecule has 4 heteroatoms. The van der Waals surface area contributed by atoms with Crippen LogP contribution in [0.2, 0.25) is 0 Å². The first kappa shape index (κ1) is 13.8. The Bertz CT molecular complexity index is 639. The highest BCUT2D eigenvalue weighted by Gasteiger charge is 2.20. The van der Waals surface area contributed by atoms with Gasteiger partial charge in [-0.1, -0.05) is 30.3 Å². The summed E-state index contributed by atoms with van der Waals surface area (Å²) >= 11 is 0. The SMILES string of the molecule is O=C(Cc1ccc(F)cc1)N1CCNCc2ccccc21. The molecule has 3 nitrogen and oxygen atoms in total. The maximum atomic E-state index is 12.9. The molecule has 0 aromatic heterocycles. The average Bonchev–Trinajstić information content (AvgIpc) is 2.72. The summed E-state index contributed by atoms with van der Waals surface area (Å²) in [6.45, 7) is 2.19. The Morgan fingerprint density at radius 3 is 2.71 bits per heavy atom. The van der Waals surface area contributed by atoms with Gasteiger partial charge in [0.2, 0.25) is 5.91 Å². The number of hydrogen-bond acceptors (Lipinski definition) is 2. The molecule has 1 aliphatic rings. The molecule has 1 N–H and O–H groups in total. The van der Waals surface area contributed by atoms with Gasteiger partial charge in [-0.3, -0.25) is 4.79 Å². The summed E-state index contributed by atoms with van der Waals surface area (Å²) in [5.41, 5.74) is 2.92. The lowest BCUT2D eigenvalue weighted by Crippen LogP contribution is -2.35. The second-order valence-corrected chi connectivity index (χ2v) is 5.15. The van der Waals surface area contributed by atoms with Crippen molar-refractivity contribution in [1.29, 1.82) is 0 Å². The monoisotopic (exact) mass is 284 g/mol. The van der Waals surface area contributed by atoms with Gasteiger partial charge in [0.1, 0.15) is 5.82 Å². The molecule has 1 amide bonds. The zero-order valence-corrected chi connectivity index (χ0v) is 11.7. The van der Waals surface area contributed by atoms with Gasteiger partial charge in [-0.25, -0.2) is 4.39 Å². The van der Waals surface area contributed by atoms with Gasteiger partial charge < -0.3 is 10.2 Å². The first-order valence-corrected chi connectivity index (χ1v) is 7.07. The lowest BCUT2D eigenvalue weighted by atomic mass is 10.1. The first-order valence-electron chi connectivity index (χ1n) is 7.07. The molecule has 108 valence electrons. The minimum atomic E-state index is -0.282. The van der Waals surface area contributed by atoms with Crippen molar-refractivity contribution in [3.63, 3.8) is 0 Å². The molecule has 0 saturated heterocycles. The Morgan fingerprint density at radius 2 is 1.90 bits per heavy atom. The third-order valence-corrected chi connectivity index (χ3v) is 3.68. The van der Waals surface area contributed by atoms with Gasteiger partial charge in [-0.05, 0) is 29.3 Å². The molecular weight excluding hydrogens is 267 g/mol. The van der Waals surface area contributed by atoms with E-state index in [4.69, 9.17) is 0 Å². The highest BCUT2D eigenvalue weighted by atomic mass is 19.1. The zero-order chi connectivity index (χ0) is 14.7. The minimum absolute atomic E-state index is 0.0396. The molecule has 0 atom stereocenters. The predicted octanol–water partition coefficient (Wildman–Crippen LogP) is 2.50. The molecule has 3 rings (SSSR count). The summed E-state index contributed by atoms with van der Waals surface area (Å²) in [4.78, 5) is 14.4. The molecule has 0 saturated carbocycles. The van der Waals surface area contributed by atoms with Crippen molar-refractivity contribution in [3.05, 3.63) is 65.5 Å². The van der Waals surface area contributed by atoms with Gasteiger partial charge in [0.15, 0.2) is 0 Å². The van der Waals surface area contributed by atoms with Crippen LogP contribution in [0.4, 0.5) is 10.1 Å². The fourth-order valence-electron chi connectivity index (χ4n) is 2.59. The number of carbonyl (C=O) groups excluding carboxylic acids is 1. The van der Waals surface area contributed by atoms with E-state index in [2.05, 4.69) is 5.32 Å². The fourth-order valence-corrected chi connectivity index (χ4v) is 2.59. The number of fused-ring (bicyclic) bond motifs is 1. The summed E-state index contributed by atoms with van der Waals surface area (Å²) < 4.78 is 12.9. The van der Waals surface area contributed by atoms with E-state index < -0.39 is 0 Å². The predicted molar refractivity (Wildman–Crippen MR) is 80.6 cm³/mol. The number of rotatable bonds is 2. The molecule has 2 aromatic rings. The average molecular weight is 284 g/mol. The highest BCUT2D eigenvalue weighted by Crippen LogP contribution is 2.23. The van der Waals surface area contributed by atoms with Crippen LogP contribution < -0.4 is 10.2 Å². The minimum Gasteiger partial charge on any atom is -0.311 e. The van der Waals surface area contributed by atoms with Crippen LogP contribution in [0.15, 0.2) is 48.5 Å². The van der Waals surface area contributed by atoms with E-state index in [1.54, 1.807) is 12.1 Å². The molecule has 1 aliphatic heterocycles. The van der Waals surface area contributed by atoms with Gasteiger partial charge >= 0.3 is 0 Å². The third-order valence-electron chi connectivity index (χ3n) is 3.68. The Hall–Kier alpha value is -2.20. The fraction of sp³-hybridized carbons (Fsp3) is 0.235. The number of halogens is 1. The van der Waals surface area contributed by atoms with Gasteiger partial charge in [0.25, 0.3) is 0 Å². The van der Waals surface area contributed by atoms with Crippen molar-refractivity contribution < 1.29 is 9.18 Å². The number of nitrogens with one attached hydrogen (secondary N) is 1. The maximum absolute atomic E-state index is 12.9. The second-order valence-electron chi connectivity index (χ2n) is 5.15. The highest BCUT2D eigenvalue weighted by molar-refractivity contribution is 5.95. The van der Waals surface area contributed by atoms with Crippen molar-refractivity contribution >= 4 is 11.6 Å². The van der Waals surface area contributed by atoms with Crippen molar-refractivity contribution in [2.75, 3.05) is 18.0 Å². The quantitative estimate of drug-likeness (QED) is 0.919. The Kier molecular flexibility index (Phi) is 3.97.